The molecule has 3 aromatic rings. The average molecular weight is 401 g/mol. The maximum absolute atomic E-state index is 13.1. The van der Waals surface area contributed by atoms with E-state index in [1.807, 2.05) is 43.3 Å². The number of benzene rings is 3. The van der Waals surface area contributed by atoms with Gasteiger partial charge in [-0.05, 0) is 34.7 Å². The minimum atomic E-state index is -1.75. The zero-order valence-electron chi connectivity index (χ0n) is 16.7. The van der Waals surface area contributed by atoms with Crippen molar-refractivity contribution in [1.82, 2.24) is 0 Å². The van der Waals surface area contributed by atoms with Gasteiger partial charge in [0, 0.05) is 5.92 Å². The van der Waals surface area contributed by atoms with Crippen molar-refractivity contribution in [3.8, 4) is 11.1 Å². The number of carboxylic acids is 1. The zero-order valence-corrected chi connectivity index (χ0v) is 16.7. The molecule has 5 heteroatoms. The summed E-state index contributed by atoms with van der Waals surface area (Å²) < 4.78 is 5.66. The molecule has 152 valence electrons. The van der Waals surface area contributed by atoms with Crippen molar-refractivity contribution >= 4 is 11.9 Å². The summed E-state index contributed by atoms with van der Waals surface area (Å²) >= 11 is 0. The van der Waals surface area contributed by atoms with Crippen molar-refractivity contribution in [2.45, 2.75) is 24.8 Å². The molecule has 0 saturated carbocycles. The Hall–Kier alpha value is -3.44. The first-order chi connectivity index (χ1) is 14.4. The molecule has 1 atom stereocenters. The Bertz CT molecular complexity index is 1060. The first kappa shape index (κ1) is 19.9. The van der Waals surface area contributed by atoms with E-state index in [2.05, 4.69) is 12.1 Å². The third-order valence-corrected chi connectivity index (χ3v) is 5.70. The summed E-state index contributed by atoms with van der Waals surface area (Å²) in [6.45, 7) is 2.00. The van der Waals surface area contributed by atoms with Gasteiger partial charge in [0.25, 0.3) is 0 Å². The third-order valence-electron chi connectivity index (χ3n) is 5.70. The van der Waals surface area contributed by atoms with E-state index >= 15 is 0 Å². The maximum atomic E-state index is 13.1. The van der Waals surface area contributed by atoms with E-state index in [-0.39, 0.29) is 12.5 Å². The lowest BCUT2D eigenvalue weighted by molar-refractivity contribution is -0.155. The molecule has 0 amide bonds. The molecule has 0 bridgehead atoms. The number of fused-ring (bicyclic) bond motifs is 3. The van der Waals surface area contributed by atoms with Crippen LogP contribution in [0.3, 0.4) is 0 Å². The number of aryl methyl sites for hydroxylation is 1. The van der Waals surface area contributed by atoms with Crippen LogP contribution >= 0.6 is 0 Å². The zero-order chi connectivity index (χ0) is 21.3. The molecule has 0 unspecified atom stereocenters. The predicted molar refractivity (Wildman–Crippen MR) is 114 cm³/mol. The highest BCUT2D eigenvalue weighted by molar-refractivity contribution is 5.88. The van der Waals surface area contributed by atoms with Crippen LogP contribution in [0.2, 0.25) is 0 Å². The molecular formula is C25H23NO4. The largest absolute Gasteiger partial charge is 0.481 e. The average Bonchev–Trinajstić information content (AvgIpc) is 3.05. The second kappa shape index (κ2) is 7.76. The van der Waals surface area contributed by atoms with Gasteiger partial charge in [-0.1, -0.05) is 78.4 Å². The minimum Gasteiger partial charge on any atom is -0.481 e. The van der Waals surface area contributed by atoms with E-state index in [9.17, 15) is 14.7 Å². The smallest absolute Gasteiger partial charge is 0.331 e. The monoisotopic (exact) mass is 401 g/mol. The second-order valence-electron chi connectivity index (χ2n) is 7.73. The van der Waals surface area contributed by atoms with E-state index in [0.717, 1.165) is 27.8 Å². The van der Waals surface area contributed by atoms with Crippen molar-refractivity contribution in [2.75, 3.05) is 6.61 Å². The number of hydrogen-bond donors (Lipinski definition) is 2. The highest BCUT2D eigenvalue weighted by Gasteiger charge is 2.41. The van der Waals surface area contributed by atoms with Crippen molar-refractivity contribution in [3.05, 3.63) is 95.1 Å². The Morgan fingerprint density at radius 3 is 2.00 bits per heavy atom. The molecule has 1 aliphatic rings. The number of ether oxygens (including phenoxy) is 1. The van der Waals surface area contributed by atoms with Gasteiger partial charge < -0.3 is 15.6 Å². The van der Waals surface area contributed by atoms with E-state index < -0.39 is 23.9 Å². The van der Waals surface area contributed by atoms with Crippen molar-refractivity contribution in [1.29, 1.82) is 0 Å². The van der Waals surface area contributed by atoms with Gasteiger partial charge >= 0.3 is 11.9 Å². The molecule has 0 radical (unpaired) electrons. The molecular weight excluding hydrogens is 378 g/mol. The lowest BCUT2D eigenvalue weighted by Crippen LogP contribution is -2.48. The predicted octanol–water partition coefficient (Wildman–Crippen LogP) is 3.98. The van der Waals surface area contributed by atoms with Crippen LogP contribution in [0.5, 0.6) is 0 Å². The highest BCUT2D eigenvalue weighted by atomic mass is 16.5. The Morgan fingerprint density at radius 2 is 1.47 bits per heavy atom. The summed E-state index contributed by atoms with van der Waals surface area (Å²) in [5, 5.41) is 9.37. The Kier molecular flexibility index (Phi) is 5.14. The molecule has 0 heterocycles. The summed E-state index contributed by atoms with van der Waals surface area (Å²) in [4.78, 5) is 24.5. The molecule has 0 fully saturated rings. The quantitative estimate of drug-likeness (QED) is 0.610. The molecule has 30 heavy (non-hydrogen) atoms. The van der Waals surface area contributed by atoms with Crippen LogP contribution < -0.4 is 5.73 Å². The number of hydrogen-bond acceptors (Lipinski definition) is 4. The van der Waals surface area contributed by atoms with Crippen molar-refractivity contribution in [2.24, 2.45) is 5.73 Å². The van der Waals surface area contributed by atoms with Crippen LogP contribution in [0.1, 0.15) is 34.6 Å². The highest BCUT2D eigenvalue weighted by Crippen LogP contribution is 2.44. The summed E-state index contributed by atoms with van der Waals surface area (Å²) in [6.07, 6.45) is -0.549. The van der Waals surface area contributed by atoms with Gasteiger partial charge in [0.1, 0.15) is 6.61 Å². The summed E-state index contributed by atoms with van der Waals surface area (Å²) in [7, 11) is 0. The molecule has 3 aromatic carbocycles. The van der Waals surface area contributed by atoms with Crippen LogP contribution in [-0.4, -0.2) is 23.7 Å². The van der Waals surface area contributed by atoms with Crippen LogP contribution in [-0.2, 0) is 19.9 Å². The van der Waals surface area contributed by atoms with Gasteiger partial charge in [-0.3, -0.25) is 4.79 Å². The third kappa shape index (κ3) is 3.48. The topological polar surface area (TPSA) is 89.6 Å². The Labute approximate surface area is 175 Å². The van der Waals surface area contributed by atoms with Gasteiger partial charge in [-0.25, -0.2) is 4.79 Å². The number of aliphatic carboxylic acids is 1. The molecule has 3 N–H and O–H groups in total. The fourth-order valence-corrected chi connectivity index (χ4v) is 4.11. The Morgan fingerprint density at radius 1 is 0.933 bits per heavy atom. The number of carboxylic acid groups (broad SMARTS) is 1. The summed E-state index contributed by atoms with van der Waals surface area (Å²) in [5.41, 5.74) is 10.4. The Balaban J connectivity index is 1.61. The fraction of sp³-hybridized carbons (Fsp3) is 0.200. The molecule has 0 spiro atoms. The SMILES string of the molecule is Cc1ccc([C@@](N)(CC(=O)O)C(=O)OCC2c3ccccc3-c3ccccc32)cc1. The molecule has 1 aliphatic carbocycles. The molecule has 0 saturated heterocycles. The second-order valence-corrected chi connectivity index (χ2v) is 7.73. The minimum absolute atomic E-state index is 0.0945. The molecule has 4 rings (SSSR count). The van der Waals surface area contributed by atoms with E-state index in [0.29, 0.717) is 5.56 Å². The lowest BCUT2D eigenvalue weighted by Gasteiger charge is -2.27. The van der Waals surface area contributed by atoms with Gasteiger partial charge in [0.2, 0.25) is 0 Å². The number of esters is 1. The van der Waals surface area contributed by atoms with Crippen LogP contribution in [0.4, 0.5) is 0 Å². The van der Waals surface area contributed by atoms with Crippen LogP contribution in [0, 0.1) is 6.92 Å². The normalized spacial score (nSPS) is 14.5. The molecule has 0 aliphatic heterocycles. The molecule has 0 aromatic heterocycles. The van der Waals surface area contributed by atoms with Crippen LogP contribution in [0.25, 0.3) is 11.1 Å². The van der Waals surface area contributed by atoms with Gasteiger partial charge in [-0.15, -0.1) is 0 Å². The van der Waals surface area contributed by atoms with Gasteiger partial charge in [-0.2, -0.15) is 0 Å². The van der Waals surface area contributed by atoms with Crippen molar-refractivity contribution in [3.63, 3.8) is 0 Å². The number of rotatable bonds is 6. The van der Waals surface area contributed by atoms with E-state index in [1.165, 1.54) is 0 Å². The first-order valence-electron chi connectivity index (χ1n) is 9.83. The number of carbonyl (C=O) groups excluding carboxylic acids is 1. The van der Waals surface area contributed by atoms with Gasteiger partial charge in [0.05, 0.1) is 6.42 Å². The van der Waals surface area contributed by atoms with Gasteiger partial charge in [0.15, 0.2) is 5.54 Å². The van der Waals surface area contributed by atoms with Crippen LogP contribution in [0.15, 0.2) is 72.8 Å². The number of carbonyl (C=O) groups is 2. The van der Waals surface area contributed by atoms with Crippen molar-refractivity contribution < 1.29 is 19.4 Å². The standard InChI is InChI=1S/C25H23NO4/c1-16-10-12-17(13-11-16)25(26,14-23(27)28)24(29)30-15-22-20-8-4-2-6-18(20)19-7-3-5-9-21(19)22/h2-13,22H,14-15,26H2,1H3,(H,27,28)/t25-/m0/s1. The summed E-state index contributed by atoms with van der Waals surface area (Å²) in [5.74, 6) is -2.02. The first-order valence-corrected chi connectivity index (χ1v) is 9.83. The maximum Gasteiger partial charge on any atom is 0.331 e. The lowest BCUT2D eigenvalue weighted by atomic mass is 9.87. The van der Waals surface area contributed by atoms with E-state index in [4.69, 9.17) is 10.5 Å². The summed E-state index contributed by atoms with van der Waals surface area (Å²) in [6, 6.07) is 23.0. The fourth-order valence-electron chi connectivity index (χ4n) is 4.11. The number of nitrogens with two attached hydrogens (primary N) is 1. The molecule has 5 nitrogen and oxygen atoms in total. The van der Waals surface area contributed by atoms with E-state index in [1.54, 1.807) is 24.3 Å².